The lowest BCUT2D eigenvalue weighted by Gasteiger charge is -2.18. The highest BCUT2D eigenvalue weighted by atomic mass is 16.6. The van der Waals surface area contributed by atoms with Crippen molar-refractivity contribution in [3.05, 3.63) is 48.6 Å². The van der Waals surface area contributed by atoms with E-state index >= 15 is 0 Å². The second kappa shape index (κ2) is 51.0. The molecule has 6 nitrogen and oxygen atoms in total. The van der Waals surface area contributed by atoms with Crippen molar-refractivity contribution in [2.75, 3.05) is 13.2 Å². The molecule has 0 N–H and O–H groups in total. The van der Waals surface area contributed by atoms with Crippen LogP contribution in [-0.4, -0.2) is 37.2 Å². The van der Waals surface area contributed by atoms with Crippen molar-refractivity contribution in [2.24, 2.45) is 0 Å². The summed E-state index contributed by atoms with van der Waals surface area (Å²) < 4.78 is 16.8. The van der Waals surface area contributed by atoms with Crippen molar-refractivity contribution < 1.29 is 28.6 Å². The monoisotopic (exact) mass is 869 g/mol. The second-order valence-electron chi connectivity index (χ2n) is 17.8. The first kappa shape index (κ1) is 59.4. The zero-order valence-corrected chi connectivity index (χ0v) is 41.1. The van der Waals surface area contributed by atoms with Crippen LogP contribution in [0.4, 0.5) is 0 Å². The van der Waals surface area contributed by atoms with Gasteiger partial charge < -0.3 is 14.2 Å². The lowest BCUT2D eigenvalue weighted by molar-refractivity contribution is -0.167. The van der Waals surface area contributed by atoms with Gasteiger partial charge in [0, 0.05) is 19.3 Å². The minimum absolute atomic E-state index is 0.0804. The minimum atomic E-state index is -0.780. The van der Waals surface area contributed by atoms with Crippen LogP contribution >= 0.6 is 0 Å². The number of hydrogen-bond acceptors (Lipinski definition) is 6. The van der Waals surface area contributed by atoms with Crippen LogP contribution in [0.1, 0.15) is 271 Å². The van der Waals surface area contributed by atoms with E-state index in [2.05, 4.69) is 69.4 Å². The molecule has 1 atom stereocenters. The molecule has 0 fully saturated rings. The molecule has 0 heterocycles. The molecule has 0 aliphatic rings. The molecule has 0 aliphatic carbocycles. The normalized spacial score (nSPS) is 12.4. The number of unbranched alkanes of at least 4 members (excludes halogenated alkanes) is 29. The third-order valence-corrected chi connectivity index (χ3v) is 11.5. The summed E-state index contributed by atoms with van der Waals surface area (Å²) in [7, 11) is 0. The fourth-order valence-corrected chi connectivity index (χ4v) is 7.46. The quantitative estimate of drug-likeness (QED) is 0.0262. The smallest absolute Gasteiger partial charge is 0.306 e. The summed E-state index contributed by atoms with van der Waals surface area (Å²) in [5.74, 6) is -0.896. The number of esters is 3. The SMILES string of the molecule is CCCCC/C=C\C/C=C\CCCCCCCCCCCC(=O)OCC(COC(=O)CCCCCCC/C=C\CCCCC)OC(=O)CCCCCCC/C=C\CCCCCC. The zero-order valence-electron chi connectivity index (χ0n) is 41.1. The van der Waals surface area contributed by atoms with Crippen LogP contribution in [-0.2, 0) is 28.6 Å². The van der Waals surface area contributed by atoms with E-state index in [1.54, 1.807) is 0 Å². The Labute approximate surface area is 384 Å². The highest BCUT2D eigenvalue weighted by Gasteiger charge is 2.19. The van der Waals surface area contributed by atoms with Crippen LogP contribution in [0, 0.1) is 0 Å². The molecular weight excluding hydrogens is 769 g/mol. The molecule has 0 bridgehead atoms. The van der Waals surface area contributed by atoms with Gasteiger partial charge in [0.25, 0.3) is 0 Å². The maximum atomic E-state index is 12.8. The third kappa shape index (κ3) is 48.4. The van der Waals surface area contributed by atoms with Gasteiger partial charge in [0.1, 0.15) is 13.2 Å². The summed E-state index contributed by atoms with van der Waals surface area (Å²) in [6.45, 7) is 6.57. The standard InChI is InChI=1S/C56H100O6/c1-4-7-10-13-16-19-22-25-26-27-28-29-30-32-34-37-40-43-46-49-55(58)61-52-53(51-60-54(57)48-45-42-39-36-33-24-21-18-15-12-9-6-3)62-56(59)50-47-44-41-38-35-31-23-20-17-14-11-8-5-2/h16,18-21,23,25-26,53H,4-15,17,22,24,27-52H2,1-3H3/b19-16-,21-18-,23-20-,26-25-. The summed E-state index contributed by atoms with van der Waals surface area (Å²) in [5, 5.41) is 0. The van der Waals surface area contributed by atoms with Crippen molar-refractivity contribution >= 4 is 17.9 Å². The maximum absolute atomic E-state index is 12.8. The molecule has 0 saturated heterocycles. The van der Waals surface area contributed by atoms with Gasteiger partial charge in [0.15, 0.2) is 6.10 Å². The predicted molar refractivity (Wildman–Crippen MR) is 265 cm³/mol. The van der Waals surface area contributed by atoms with E-state index in [9.17, 15) is 14.4 Å². The van der Waals surface area contributed by atoms with Crippen LogP contribution < -0.4 is 0 Å². The van der Waals surface area contributed by atoms with Gasteiger partial charge in [0.05, 0.1) is 0 Å². The van der Waals surface area contributed by atoms with E-state index in [0.29, 0.717) is 19.3 Å². The van der Waals surface area contributed by atoms with Crippen molar-refractivity contribution in [3.8, 4) is 0 Å². The van der Waals surface area contributed by atoms with E-state index < -0.39 is 6.10 Å². The van der Waals surface area contributed by atoms with Gasteiger partial charge >= 0.3 is 17.9 Å². The molecule has 0 rings (SSSR count). The van der Waals surface area contributed by atoms with Crippen LogP contribution in [0.25, 0.3) is 0 Å². The molecule has 0 aliphatic heterocycles. The van der Waals surface area contributed by atoms with Gasteiger partial charge in [-0.3, -0.25) is 14.4 Å². The molecule has 0 aromatic rings. The summed E-state index contributed by atoms with van der Waals surface area (Å²) >= 11 is 0. The Morgan fingerprint density at radius 3 is 0.935 bits per heavy atom. The van der Waals surface area contributed by atoms with Crippen molar-refractivity contribution in [3.63, 3.8) is 0 Å². The number of hydrogen-bond donors (Lipinski definition) is 0. The third-order valence-electron chi connectivity index (χ3n) is 11.5. The predicted octanol–water partition coefficient (Wildman–Crippen LogP) is 17.5. The van der Waals surface area contributed by atoms with E-state index in [4.69, 9.17) is 14.2 Å². The van der Waals surface area contributed by atoms with Gasteiger partial charge in [-0.2, -0.15) is 0 Å². The summed E-state index contributed by atoms with van der Waals surface area (Å²) in [4.78, 5) is 38.0. The lowest BCUT2D eigenvalue weighted by Crippen LogP contribution is -2.30. The van der Waals surface area contributed by atoms with Gasteiger partial charge in [0.2, 0.25) is 0 Å². The summed E-state index contributed by atoms with van der Waals surface area (Å²) in [6.07, 6.45) is 60.9. The maximum Gasteiger partial charge on any atom is 0.306 e. The van der Waals surface area contributed by atoms with Crippen LogP contribution in [0.3, 0.4) is 0 Å². The highest BCUT2D eigenvalue weighted by Crippen LogP contribution is 2.15. The number of ether oxygens (including phenoxy) is 3. The fourth-order valence-electron chi connectivity index (χ4n) is 7.46. The Balaban J connectivity index is 4.34. The van der Waals surface area contributed by atoms with Gasteiger partial charge in [-0.15, -0.1) is 0 Å². The van der Waals surface area contributed by atoms with Crippen LogP contribution in [0.5, 0.6) is 0 Å². The molecule has 0 aromatic heterocycles. The van der Waals surface area contributed by atoms with Crippen molar-refractivity contribution in [1.29, 1.82) is 0 Å². The average Bonchev–Trinajstić information content (AvgIpc) is 3.27. The van der Waals surface area contributed by atoms with Gasteiger partial charge in [-0.05, 0) is 103 Å². The highest BCUT2D eigenvalue weighted by molar-refractivity contribution is 5.71. The topological polar surface area (TPSA) is 78.9 Å². The molecule has 0 spiro atoms. The number of rotatable bonds is 48. The molecule has 0 saturated carbocycles. The minimum Gasteiger partial charge on any atom is -0.462 e. The first-order valence-corrected chi connectivity index (χ1v) is 26.6. The number of carbonyl (C=O) groups is 3. The molecule has 0 aromatic carbocycles. The van der Waals surface area contributed by atoms with Gasteiger partial charge in [-0.25, -0.2) is 0 Å². The summed E-state index contributed by atoms with van der Waals surface area (Å²) in [5.41, 5.74) is 0. The zero-order chi connectivity index (χ0) is 45.1. The molecule has 1 unspecified atom stereocenters. The lowest BCUT2D eigenvalue weighted by atomic mass is 10.1. The van der Waals surface area contributed by atoms with Crippen molar-refractivity contribution in [2.45, 2.75) is 277 Å². The average molecular weight is 869 g/mol. The Morgan fingerprint density at radius 2 is 0.581 bits per heavy atom. The van der Waals surface area contributed by atoms with E-state index in [1.807, 2.05) is 0 Å². The fraction of sp³-hybridized carbons (Fsp3) is 0.804. The Bertz CT molecular complexity index is 1090. The molecule has 62 heavy (non-hydrogen) atoms. The number of carbonyl (C=O) groups excluding carboxylic acids is 3. The molecule has 6 heteroatoms. The van der Waals surface area contributed by atoms with Crippen LogP contribution in [0.2, 0.25) is 0 Å². The number of allylic oxidation sites excluding steroid dienone is 8. The second-order valence-corrected chi connectivity index (χ2v) is 17.8. The Morgan fingerprint density at radius 1 is 0.323 bits per heavy atom. The van der Waals surface area contributed by atoms with Crippen molar-refractivity contribution in [1.82, 2.24) is 0 Å². The summed E-state index contributed by atoms with van der Waals surface area (Å²) in [6, 6.07) is 0. The van der Waals surface area contributed by atoms with Gasteiger partial charge in [-0.1, -0.05) is 198 Å². The van der Waals surface area contributed by atoms with E-state index in [1.165, 1.54) is 148 Å². The van der Waals surface area contributed by atoms with E-state index in [0.717, 1.165) is 83.5 Å². The molecule has 360 valence electrons. The molecular formula is C56H100O6. The first-order valence-electron chi connectivity index (χ1n) is 26.6. The molecule has 0 radical (unpaired) electrons. The largest absolute Gasteiger partial charge is 0.462 e. The van der Waals surface area contributed by atoms with Crippen LogP contribution in [0.15, 0.2) is 48.6 Å². The molecule has 0 amide bonds. The Hall–Kier alpha value is -2.63. The Kier molecular flexibility index (Phi) is 48.8. The van der Waals surface area contributed by atoms with E-state index in [-0.39, 0.29) is 31.1 Å². The first-order chi connectivity index (χ1) is 30.5.